The van der Waals surface area contributed by atoms with Gasteiger partial charge in [-0.1, -0.05) is 23.2 Å². The second-order valence-electron chi connectivity index (χ2n) is 8.90. The molecular formula is C30H26Cl2F4N2O8. The molecule has 0 atom stereocenters. The largest absolute Gasteiger partial charge is 0.496 e. The molecule has 0 aliphatic heterocycles. The molecule has 0 saturated carbocycles. The minimum atomic E-state index is -1.13. The van der Waals surface area contributed by atoms with Gasteiger partial charge in [0.25, 0.3) is 5.69 Å². The molecule has 0 radical (unpaired) electrons. The van der Waals surface area contributed by atoms with Crippen LogP contribution in [-0.2, 0) is 13.2 Å². The van der Waals surface area contributed by atoms with Gasteiger partial charge in [-0.3, -0.25) is 10.1 Å². The van der Waals surface area contributed by atoms with E-state index in [2.05, 4.69) is 0 Å². The van der Waals surface area contributed by atoms with Gasteiger partial charge in [0.1, 0.15) is 29.7 Å². The summed E-state index contributed by atoms with van der Waals surface area (Å²) in [6.45, 7) is -0.688. The first kappa shape index (κ1) is 35.7. The van der Waals surface area contributed by atoms with Crippen molar-refractivity contribution in [3.05, 3.63) is 103 Å². The number of methoxy groups -OCH3 is 4. The fourth-order valence-electron chi connectivity index (χ4n) is 3.86. The summed E-state index contributed by atoms with van der Waals surface area (Å²) in [7, 11) is 5.40. The number of benzene rings is 4. The minimum absolute atomic E-state index is 0.0423. The first-order valence-corrected chi connectivity index (χ1v) is 13.5. The lowest BCUT2D eigenvalue weighted by molar-refractivity contribution is -0.384. The molecule has 46 heavy (non-hydrogen) atoms. The van der Waals surface area contributed by atoms with E-state index in [1.54, 1.807) is 0 Å². The highest BCUT2D eigenvalue weighted by Gasteiger charge is 2.21. The maximum Gasteiger partial charge on any atom is 0.291 e. The molecule has 4 aromatic carbocycles. The normalized spacial score (nSPS) is 10.4. The Hall–Kier alpha value is -4.82. The number of nitrogens with two attached hydrogens (primary N) is 1. The van der Waals surface area contributed by atoms with Crippen molar-refractivity contribution >= 4 is 34.6 Å². The molecule has 2 N–H and O–H groups in total. The minimum Gasteiger partial charge on any atom is -0.496 e. The number of nitrogen functional groups attached to an aromatic ring is 1. The molecule has 0 bridgehead atoms. The number of ether oxygens (including phenoxy) is 6. The fraction of sp³-hybridized carbons (Fsp3) is 0.200. The van der Waals surface area contributed by atoms with Gasteiger partial charge in [-0.2, -0.15) is 0 Å². The standard InChI is InChI=1S/C15H12ClF2NO5.C15H14ClF2NO3/c1-22-12-4-3-10(17)15(18)8(12)7-24-14-6-11(19(20)21)9(16)5-13(14)23-2;1-20-12-4-3-10(17)15(18)8(12)7-22-14-6-11(19)9(16)5-13(14)21-2/h3-6H,7H2,1-2H3;3-6H,7,19H2,1-2H3. The average molecular weight is 689 g/mol. The van der Waals surface area contributed by atoms with Crippen LogP contribution in [0.1, 0.15) is 11.1 Å². The van der Waals surface area contributed by atoms with Crippen LogP contribution in [0.15, 0.2) is 48.5 Å². The van der Waals surface area contributed by atoms with Crippen molar-refractivity contribution in [3.63, 3.8) is 0 Å². The van der Waals surface area contributed by atoms with E-state index in [-0.39, 0.29) is 57.2 Å². The molecule has 0 fully saturated rings. The van der Waals surface area contributed by atoms with E-state index >= 15 is 0 Å². The molecule has 0 aromatic heterocycles. The SMILES string of the molecule is COc1cc(Cl)c(N)cc1OCc1c(OC)ccc(F)c1F.COc1cc(Cl)c([N+](=O)[O-])cc1OCc1c(OC)ccc(F)c1F. The third-order valence-corrected chi connectivity index (χ3v) is 6.83. The smallest absolute Gasteiger partial charge is 0.291 e. The Morgan fingerprint density at radius 2 is 1.07 bits per heavy atom. The van der Waals surface area contributed by atoms with Crippen molar-refractivity contribution < 1.29 is 50.9 Å². The third-order valence-electron chi connectivity index (χ3n) is 6.20. The Balaban J connectivity index is 0.000000251. The molecule has 0 saturated heterocycles. The number of rotatable bonds is 11. The lowest BCUT2D eigenvalue weighted by Crippen LogP contribution is -2.05. The molecule has 10 nitrogen and oxygen atoms in total. The molecule has 0 aliphatic carbocycles. The van der Waals surface area contributed by atoms with E-state index in [0.717, 1.165) is 18.2 Å². The van der Waals surface area contributed by atoms with Crippen LogP contribution < -0.4 is 34.2 Å². The summed E-state index contributed by atoms with van der Waals surface area (Å²) >= 11 is 11.7. The quantitative estimate of drug-likeness (QED) is 0.0724. The van der Waals surface area contributed by atoms with Gasteiger partial charge in [-0.15, -0.1) is 0 Å². The van der Waals surface area contributed by atoms with Gasteiger partial charge in [-0.25, -0.2) is 17.6 Å². The Kier molecular flexibility index (Phi) is 12.4. The predicted molar refractivity (Wildman–Crippen MR) is 162 cm³/mol. The topological polar surface area (TPSA) is 125 Å². The van der Waals surface area contributed by atoms with Gasteiger partial charge in [0.05, 0.1) is 61.3 Å². The maximum absolute atomic E-state index is 13.9. The molecule has 0 heterocycles. The summed E-state index contributed by atoms with van der Waals surface area (Å²) in [6.07, 6.45) is 0. The van der Waals surface area contributed by atoms with Crippen LogP contribution in [-0.4, -0.2) is 33.4 Å². The first-order valence-electron chi connectivity index (χ1n) is 12.8. The van der Waals surface area contributed by atoms with Crippen LogP contribution in [0.4, 0.5) is 28.9 Å². The molecule has 0 aliphatic rings. The number of halogens is 6. The molecule has 16 heteroatoms. The zero-order valence-corrected chi connectivity index (χ0v) is 26.1. The van der Waals surface area contributed by atoms with Crippen LogP contribution in [0.2, 0.25) is 10.0 Å². The Morgan fingerprint density at radius 1 is 0.652 bits per heavy atom. The van der Waals surface area contributed by atoms with Crippen molar-refractivity contribution in [1.29, 1.82) is 0 Å². The fourth-order valence-corrected chi connectivity index (χ4v) is 4.24. The lowest BCUT2D eigenvalue weighted by Gasteiger charge is -2.14. The third kappa shape index (κ3) is 8.25. The van der Waals surface area contributed by atoms with Gasteiger partial charge < -0.3 is 34.2 Å². The van der Waals surface area contributed by atoms with Crippen molar-refractivity contribution in [2.75, 3.05) is 34.2 Å². The van der Waals surface area contributed by atoms with Crippen molar-refractivity contribution in [2.45, 2.75) is 13.2 Å². The maximum atomic E-state index is 13.9. The molecule has 4 aromatic rings. The van der Waals surface area contributed by atoms with Gasteiger partial charge in [0.15, 0.2) is 46.3 Å². The predicted octanol–water partition coefficient (Wildman–Crippen LogP) is 7.92. The van der Waals surface area contributed by atoms with Crippen LogP contribution in [0.25, 0.3) is 0 Å². The van der Waals surface area contributed by atoms with Crippen molar-refractivity contribution in [3.8, 4) is 34.5 Å². The summed E-state index contributed by atoms with van der Waals surface area (Å²) in [5, 5.41) is 11.1. The van der Waals surface area contributed by atoms with Crippen molar-refractivity contribution in [2.24, 2.45) is 0 Å². The Labute approximate surface area is 270 Å². The van der Waals surface area contributed by atoms with Crippen LogP contribution in [0.5, 0.6) is 34.5 Å². The van der Waals surface area contributed by atoms with Crippen LogP contribution in [0, 0.1) is 33.4 Å². The number of nitrogens with zero attached hydrogens (tertiary/aromatic N) is 1. The van der Waals surface area contributed by atoms with Gasteiger partial charge >= 0.3 is 0 Å². The number of nitro groups is 1. The van der Waals surface area contributed by atoms with E-state index in [1.807, 2.05) is 0 Å². The number of nitro benzene ring substituents is 1. The summed E-state index contributed by atoms with van der Waals surface area (Å²) < 4.78 is 85.4. The van der Waals surface area contributed by atoms with E-state index in [0.29, 0.717) is 10.8 Å². The summed E-state index contributed by atoms with van der Waals surface area (Å²) in [6, 6.07) is 9.66. The van der Waals surface area contributed by atoms with Crippen molar-refractivity contribution in [1.82, 2.24) is 0 Å². The summed E-state index contributed by atoms with van der Waals surface area (Å²) in [5.74, 6) is -3.29. The van der Waals surface area contributed by atoms with E-state index in [1.165, 1.54) is 58.8 Å². The van der Waals surface area contributed by atoms with Gasteiger partial charge in [-0.05, 0) is 24.3 Å². The summed E-state index contributed by atoms with van der Waals surface area (Å²) in [5.41, 5.74) is 5.36. The number of anilines is 1. The molecule has 0 spiro atoms. The summed E-state index contributed by atoms with van der Waals surface area (Å²) in [4.78, 5) is 10.2. The second kappa shape index (κ2) is 16.0. The molecule has 0 amide bonds. The zero-order valence-electron chi connectivity index (χ0n) is 24.6. The highest BCUT2D eigenvalue weighted by atomic mass is 35.5. The number of hydrogen-bond acceptors (Lipinski definition) is 9. The Morgan fingerprint density at radius 3 is 1.48 bits per heavy atom. The van der Waals surface area contributed by atoms with E-state index in [4.69, 9.17) is 57.4 Å². The first-order chi connectivity index (χ1) is 21.9. The monoisotopic (exact) mass is 688 g/mol. The zero-order chi connectivity index (χ0) is 34.1. The molecule has 0 unspecified atom stereocenters. The Bertz CT molecular complexity index is 1730. The second-order valence-corrected chi connectivity index (χ2v) is 9.71. The van der Waals surface area contributed by atoms with E-state index in [9.17, 15) is 27.7 Å². The van der Waals surface area contributed by atoms with Gasteiger partial charge in [0.2, 0.25) is 0 Å². The number of hydrogen-bond donors (Lipinski definition) is 1. The van der Waals surface area contributed by atoms with Crippen LogP contribution in [0.3, 0.4) is 0 Å². The van der Waals surface area contributed by atoms with Gasteiger partial charge in [0, 0.05) is 18.2 Å². The van der Waals surface area contributed by atoms with E-state index < -0.39 is 40.5 Å². The lowest BCUT2D eigenvalue weighted by atomic mass is 10.2. The molecular weight excluding hydrogens is 663 g/mol. The molecule has 4 rings (SSSR count). The highest BCUT2D eigenvalue weighted by molar-refractivity contribution is 6.33. The highest BCUT2D eigenvalue weighted by Crippen LogP contribution is 2.39. The average Bonchev–Trinajstić information content (AvgIpc) is 3.04. The van der Waals surface area contributed by atoms with Crippen LogP contribution >= 0.6 is 23.2 Å². The molecule has 246 valence electrons.